The number of carbonyl (C=O) groups is 1. The zero-order valence-electron chi connectivity index (χ0n) is 15.4. The standard InChI is InChI=1S/C21H23F2NO4/c22-21(23)28-17-9-7-15(8-10-17)12-20(26)24(14-18-5-3-11-27-18)13-16-4-1-2-6-19(16)25/h1-2,4,6-10,18,21,25H,3,5,11-14H2. The van der Waals surface area contributed by atoms with Crippen LogP contribution in [0.25, 0.3) is 0 Å². The summed E-state index contributed by atoms with van der Waals surface area (Å²) in [5.74, 6) is 0.0686. The Labute approximate surface area is 162 Å². The second-order valence-electron chi connectivity index (χ2n) is 6.74. The van der Waals surface area contributed by atoms with Gasteiger partial charge in [0.25, 0.3) is 0 Å². The summed E-state index contributed by atoms with van der Waals surface area (Å²) < 4.78 is 34.5. The molecule has 3 rings (SSSR count). The number of benzene rings is 2. The lowest BCUT2D eigenvalue weighted by molar-refractivity contribution is -0.132. The number of nitrogens with zero attached hydrogens (tertiary/aromatic N) is 1. The summed E-state index contributed by atoms with van der Waals surface area (Å²) >= 11 is 0. The Bertz CT molecular complexity index is 776. The SMILES string of the molecule is O=C(Cc1ccc(OC(F)F)cc1)N(Cc1ccccc1O)CC1CCCO1. The van der Waals surface area contributed by atoms with E-state index in [-0.39, 0.29) is 36.5 Å². The van der Waals surface area contributed by atoms with E-state index in [9.17, 15) is 18.7 Å². The van der Waals surface area contributed by atoms with Crippen LogP contribution in [0, 0.1) is 0 Å². The van der Waals surface area contributed by atoms with Crippen LogP contribution in [0.15, 0.2) is 48.5 Å². The minimum atomic E-state index is -2.88. The molecule has 2 aromatic rings. The molecule has 1 unspecified atom stereocenters. The highest BCUT2D eigenvalue weighted by atomic mass is 19.3. The first-order valence-corrected chi connectivity index (χ1v) is 9.21. The molecule has 0 spiro atoms. The van der Waals surface area contributed by atoms with Crippen LogP contribution in [-0.4, -0.2) is 41.8 Å². The van der Waals surface area contributed by atoms with Gasteiger partial charge in [-0.3, -0.25) is 4.79 Å². The first kappa shape index (κ1) is 20.1. The summed E-state index contributed by atoms with van der Waals surface area (Å²) in [6.07, 6.45) is 1.96. The molecule has 7 heteroatoms. The Balaban J connectivity index is 1.69. The minimum absolute atomic E-state index is 0.0170. The van der Waals surface area contributed by atoms with Crippen LogP contribution in [0.3, 0.4) is 0 Å². The summed E-state index contributed by atoms with van der Waals surface area (Å²) in [6.45, 7) is -1.47. The van der Waals surface area contributed by atoms with Crippen LogP contribution in [0.5, 0.6) is 11.5 Å². The number of hydrogen-bond donors (Lipinski definition) is 1. The van der Waals surface area contributed by atoms with Crippen molar-refractivity contribution in [3.8, 4) is 11.5 Å². The smallest absolute Gasteiger partial charge is 0.387 e. The van der Waals surface area contributed by atoms with E-state index in [1.807, 2.05) is 6.07 Å². The Hall–Kier alpha value is -2.67. The molecule has 0 saturated carbocycles. The van der Waals surface area contributed by atoms with Gasteiger partial charge in [-0.05, 0) is 36.6 Å². The molecule has 1 saturated heterocycles. The van der Waals surface area contributed by atoms with Gasteiger partial charge in [-0.1, -0.05) is 30.3 Å². The quantitative estimate of drug-likeness (QED) is 0.745. The van der Waals surface area contributed by atoms with Gasteiger partial charge in [-0.2, -0.15) is 8.78 Å². The van der Waals surface area contributed by atoms with Crippen molar-refractivity contribution in [1.82, 2.24) is 4.90 Å². The summed E-state index contributed by atoms with van der Waals surface area (Å²) in [4.78, 5) is 14.6. The third-order valence-electron chi connectivity index (χ3n) is 4.66. The molecule has 1 N–H and O–H groups in total. The number of amides is 1. The first-order chi connectivity index (χ1) is 13.5. The highest BCUT2D eigenvalue weighted by Crippen LogP contribution is 2.21. The lowest BCUT2D eigenvalue weighted by atomic mass is 10.1. The fourth-order valence-electron chi connectivity index (χ4n) is 3.21. The Kier molecular flexibility index (Phi) is 6.81. The van der Waals surface area contributed by atoms with E-state index in [1.165, 1.54) is 12.1 Å². The van der Waals surface area contributed by atoms with Crippen LogP contribution in [0.2, 0.25) is 0 Å². The van der Waals surface area contributed by atoms with Crippen molar-refractivity contribution >= 4 is 5.91 Å². The molecule has 0 radical (unpaired) electrons. The molecule has 1 amide bonds. The molecule has 5 nitrogen and oxygen atoms in total. The van der Waals surface area contributed by atoms with Gasteiger partial charge in [-0.15, -0.1) is 0 Å². The predicted molar refractivity (Wildman–Crippen MR) is 99.3 cm³/mol. The van der Waals surface area contributed by atoms with E-state index in [1.54, 1.807) is 35.2 Å². The summed E-state index contributed by atoms with van der Waals surface area (Å²) in [5.41, 5.74) is 1.36. The fraction of sp³-hybridized carbons (Fsp3) is 0.381. The molecule has 1 atom stereocenters. The largest absolute Gasteiger partial charge is 0.508 e. The highest BCUT2D eigenvalue weighted by Gasteiger charge is 2.23. The molecule has 1 aliphatic rings. The molecule has 0 bridgehead atoms. The number of carbonyl (C=O) groups excluding carboxylic acids is 1. The average Bonchev–Trinajstić information content (AvgIpc) is 3.17. The van der Waals surface area contributed by atoms with Gasteiger partial charge < -0.3 is 19.5 Å². The molecule has 1 fully saturated rings. The van der Waals surface area contributed by atoms with Gasteiger partial charge >= 0.3 is 6.61 Å². The minimum Gasteiger partial charge on any atom is -0.508 e. The van der Waals surface area contributed by atoms with Crippen molar-refractivity contribution in [3.63, 3.8) is 0 Å². The molecule has 0 aliphatic carbocycles. The molecule has 150 valence electrons. The van der Waals surface area contributed by atoms with Gasteiger partial charge in [0.2, 0.25) is 5.91 Å². The zero-order valence-corrected chi connectivity index (χ0v) is 15.4. The summed E-state index contributed by atoms with van der Waals surface area (Å²) in [6, 6.07) is 12.9. The van der Waals surface area contributed by atoms with Gasteiger partial charge in [0.1, 0.15) is 11.5 Å². The van der Waals surface area contributed by atoms with Gasteiger partial charge in [-0.25, -0.2) is 0 Å². The number of rotatable bonds is 8. The lowest BCUT2D eigenvalue weighted by Gasteiger charge is -2.26. The van der Waals surface area contributed by atoms with Crippen molar-refractivity contribution < 1.29 is 28.2 Å². The van der Waals surface area contributed by atoms with E-state index in [0.717, 1.165) is 12.8 Å². The predicted octanol–water partition coefficient (Wildman–Crippen LogP) is 3.74. The molecular weight excluding hydrogens is 368 g/mol. The highest BCUT2D eigenvalue weighted by molar-refractivity contribution is 5.79. The van der Waals surface area contributed by atoms with Crippen molar-refractivity contribution in [2.75, 3.05) is 13.2 Å². The van der Waals surface area contributed by atoms with E-state index in [2.05, 4.69) is 4.74 Å². The van der Waals surface area contributed by atoms with Crippen molar-refractivity contribution in [2.45, 2.75) is 38.5 Å². The number of phenolic OH excluding ortho intramolecular Hbond substituents is 1. The van der Waals surface area contributed by atoms with Crippen LogP contribution in [0.1, 0.15) is 24.0 Å². The number of halogens is 2. The van der Waals surface area contributed by atoms with Crippen molar-refractivity contribution in [1.29, 1.82) is 0 Å². The number of aromatic hydroxyl groups is 1. The zero-order chi connectivity index (χ0) is 19.9. The molecule has 28 heavy (non-hydrogen) atoms. The maximum absolute atomic E-state index is 12.9. The van der Waals surface area contributed by atoms with Crippen molar-refractivity contribution in [3.05, 3.63) is 59.7 Å². The van der Waals surface area contributed by atoms with Gasteiger partial charge in [0, 0.05) is 25.3 Å². The molecule has 1 heterocycles. The Morgan fingerprint density at radius 3 is 2.61 bits per heavy atom. The molecule has 0 aromatic heterocycles. The monoisotopic (exact) mass is 391 g/mol. The second-order valence-corrected chi connectivity index (χ2v) is 6.74. The maximum Gasteiger partial charge on any atom is 0.387 e. The number of para-hydroxylation sites is 1. The van der Waals surface area contributed by atoms with E-state index < -0.39 is 6.61 Å². The summed E-state index contributed by atoms with van der Waals surface area (Å²) in [5, 5.41) is 10.0. The van der Waals surface area contributed by atoms with E-state index >= 15 is 0 Å². The maximum atomic E-state index is 12.9. The molecule has 2 aromatic carbocycles. The van der Waals surface area contributed by atoms with Crippen molar-refractivity contribution in [2.24, 2.45) is 0 Å². The van der Waals surface area contributed by atoms with Crippen LogP contribution < -0.4 is 4.74 Å². The normalized spacial score (nSPS) is 16.3. The van der Waals surface area contributed by atoms with E-state index in [4.69, 9.17) is 4.74 Å². The Morgan fingerprint density at radius 1 is 1.21 bits per heavy atom. The van der Waals surface area contributed by atoms with E-state index in [0.29, 0.717) is 24.3 Å². The molecule has 1 aliphatic heterocycles. The molecular formula is C21H23F2NO4. The lowest BCUT2D eigenvalue weighted by Crippen LogP contribution is -2.37. The van der Waals surface area contributed by atoms with Gasteiger partial charge in [0.15, 0.2) is 0 Å². The Morgan fingerprint density at radius 2 is 1.96 bits per heavy atom. The third-order valence-corrected chi connectivity index (χ3v) is 4.66. The van der Waals surface area contributed by atoms with Crippen LogP contribution in [0.4, 0.5) is 8.78 Å². The topological polar surface area (TPSA) is 59.0 Å². The number of ether oxygens (including phenoxy) is 2. The first-order valence-electron chi connectivity index (χ1n) is 9.21. The second kappa shape index (κ2) is 9.50. The number of phenols is 1. The summed E-state index contributed by atoms with van der Waals surface area (Å²) in [7, 11) is 0. The number of alkyl halides is 2. The van der Waals surface area contributed by atoms with Crippen LogP contribution in [-0.2, 0) is 22.5 Å². The third kappa shape index (κ3) is 5.66. The fourth-order valence-corrected chi connectivity index (χ4v) is 3.21. The van der Waals surface area contributed by atoms with Crippen LogP contribution >= 0.6 is 0 Å². The average molecular weight is 391 g/mol. The van der Waals surface area contributed by atoms with Gasteiger partial charge in [0.05, 0.1) is 12.5 Å². The number of hydrogen-bond acceptors (Lipinski definition) is 4.